The van der Waals surface area contributed by atoms with E-state index in [1.54, 1.807) is 16.7 Å². The highest BCUT2D eigenvalue weighted by molar-refractivity contribution is 7.91. The molecule has 2 aromatic carbocycles. The molecule has 8 nitrogen and oxygen atoms in total. The average Bonchev–Trinajstić information content (AvgIpc) is 3.18. The van der Waals surface area contributed by atoms with Crippen molar-refractivity contribution < 1.29 is 27.5 Å². The summed E-state index contributed by atoms with van der Waals surface area (Å²) in [7, 11) is -0.707. The number of hydrogen-bond acceptors (Lipinski definition) is 7. The molecule has 0 bridgehead atoms. The average molecular weight is 519 g/mol. The minimum atomic E-state index is -3.53. The van der Waals surface area contributed by atoms with Crippen LogP contribution in [0.4, 0.5) is 0 Å². The molecule has 0 unspecified atom stereocenters. The summed E-state index contributed by atoms with van der Waals surface area (Å²) >= 11 is 1.33. The first-order valence-corrected chi connectivity index (χ1v) is 13.9. The molecule has 1 aromatic heterocycles. The lowest BCUT2D eigenvalue weighted by molar-refractivity contribution is -0.141. The van der Waals surface area contributed by atoms with Crippen molar-refractivity contribution in [2.24, 2.45) is 4.99 Å². The normalized spacial score (nSPS) is 12.1. The number of methoxy groups -OCH3 is 2. The fourth-order valence-corrected chi connectivity index (χ4v) is 5.98. The van der Waals surface area contributed by atoms with Crippen molar-refractivity contribution in [3.63, 3.8) is 0 Å². The zero-order chi connectivity index (χ0) is 25.4. The van der Waals surface area contributed by atoms with Gasteiger partial charge in [0.05, 0.1) is 35.1 Å². The van der Waals surface area contributed by atoms with E-state index >= 15 is 0 Å². The van der Waals surface area contributed by atoms with E-state index in [9.17, 15) is 18.0 Å². The van der Waals surface area contributed by atoms with Crippen molar-refractivity contribution in [3.8, 4) is 5.75 Å². The van der Waals surface area contributed by atoms with Gasteiger partial charge in [-0.1, -0.05) is 30.7 Å². The quantitative estimate of drug-likeness (QED) is 0.357. The van der Waals surface area contributed by atoms with Gasteiger partial charge >= 0.3 is 5.97 Å². The molecular formula is C25H30N2O6S2. The van der Waals surface area contributed by atoms with Crippen molar-refractivity contribution in [3.05, 3.63) is 52.8 Å². The highest BCUT2D eigenvalue weighted by Crippen LogP contribution is 2.21. The number of benzene rings is 2. The number of amides is 1. The predicted molar refractivity (Wildman–Crippen MR) is 135 cm³/mol. The topological polar surface area (TPSA) is 104 Å². The van der Waals surface area contributed by atoms with E-state index in [0.717, 1.165) is 29.5 Å². The molecule has 10 heteroatoms. The molecule has 0 aliphatic carbocycles. The maximum atomic E-state index is 12.6. The van der Waals surface area contributed by atoms with Crippen molar-refractivity contribution >= 4 is 43.3 Å². The van der Waals surface area contributed by atoms with Crippen LogP contribution in [0, 0.1) is 0 Å². The standard InChI is InChI=1S/C25H30N2O6S2/c1-4-5-7-18-9-14-21-22(16-18)34-25(27(21)17-24(29)33-3)26-23(28)8-6-15-35(30,31)20-12-10-19(32-2)11-13-20/h9-14,16H,4-8,15,17H2,1-3H3. The van der Waals surface area contributed by atoms with Crippen molar-refractivity contribution in [2.45, 2.75) is 50.5 Å². The van der Waals surface area contributed by atoms with Crippen LogP contribution in [-0.2, 0) is 37.1 Å². The zero-order valence-electron chi connectivity index (χ0n) is 20.2. The summed E-state index contributed by atoms with van der Waals surface area (Å²) in [5.41, 5.74) is 1.99. The summed E-state index contributed by atoms with van der Waals surface area (Å²) in [5.74, 6) is -0.486. The third-order valence-corrected chi connectivity index (χ3v) is 8.38. The number of fused-ring (bicyclic) bond motifs is 1. The van der Waals surface area contributed by atoms with Crippen LogP contribution in [0.15, 0.2) is 52.4 Å². The van der Waals surface area contributed by atoms with E-state index in [1.165, 1.54) is 43.3 Å². The van der Waals surface area contributed by atoms with Gasteiger partial charge in [0.1, 0.15) is 12.3 Å². The van der Waals surface area contributed by atoms with Crippen molar-refractivity contribution in [2.75, 3.05) is 20.0 Å². The van der Waals surface area contributed by atoms with Crippen LogP contribution in [0.1, 0.15) is 38.2 Å². The van der Waals surface area contributed by atoms with Crippen LogP contribution in [0.3, 0.4) is 0 Å². The van der Waals surface area contributed by atoms with Crippen LogP contribution in [-0.4, -0.2) is 44.8 Å². The number of sulfone groups is 1. The molecule has 1 heterocycles. The summed E-state index contributed by atoms with van der Waals surface area (Å²) in [6.45, 7) is 2.07. The van der Waals surface area contributed by atoms with Crippen molar-refractivity contribution in [1.82, 2.24) is 4.57 Å². The number of aromatic nitrogens is 1. The Labute approximate surface area is 209 Å². The molecule has 0 aliphatic rings. The zero-order valence-corrected chi connectivity index (χ0v) is 21.8. The number of thiazole rings is 1. The van der Waals surface area contributed by atoms with E-state index in [4.69, 9.17) is 9.47 Å². The molecule has 0 radical (unpaired) electrons. The fourth-order valence-electron chi connectivity index (χ4n) is 3.56. The first-order valence-electron chi connectivity index (χ1n) is 11.4. The lowest BCUT2D eigenvalue weighted by Crippen LogP contribution is -2.22. The Kier molecular flexibility index (Phi) is 9.22. The summed E-state index contributed by atoms with van der Waals surface area (Å²) in [6.07, 6.45) is 3.24. The summed E-state index contributed by atoms with van der Waals surface area (Å²) in [4.78, 5) is 29.4. The fraction of sp³-hybridized carbons (Fsp3) is 0.400. The highest BCUT2D eigenvalue weighted by atomic mass is 32.2. The second-order valence-corrected chi connectivity index (χ2v) is 11.2. The van der Waals surface area contributed by atoms with Gasteiger partial charge in [0, 0.05) is 6.42 Å². The number of esters is 1. The SMILES string of the molecule is CCCCc1ccc2c(c1)sc(=NC(=O)CCCS(=O)(=O)c1ccc(OC)cc1)n2CC(=O)OC. The van der Waals surface area contributed by atoms with Crippen LogP contribution in [0.2, 0.25) is 0 Å². The molecule has 1 amide bonds. The second-order valence-electron chi connectivity index (χ2n) is 8.06. The van der Waals surface area contributed by atoms with Gasteiger partial charge in [0.2, 0.25) is 5.91 Å². The van der Waals surface area contributed by atoms with Crippen LogP contribution < -0.4 is 9.54 Å². The van der Waals surface area contributed by atoms with Gasteiger partial charge in [-0.3, -0.25) is 9.59 Å². The number of nitrogens with zero attached hydrogens (tertiary/aromatic N) is 2. The van der Waals surface area contributed by atoms with Gasteiger partial charge < -0.3 is 14.0 Å². The molecule has 0 N–H and O–H groups in total. The first-order chi connectivity index (χ1) is 16.8. The molecule has 0 saturated carbocycles. The number of unbranched alkanes of at least 4 members (excludes halogenated alkanes) is 1. The molecule has 0 fully saturated rings. The Morgan fingerprint density at radius 2 is 1.80 bits per heavy atom. The summed E-state index contributed by atoms with van der Waals surface area (Å²) in [6, 6.07) is 12.2. The van der Waals surface area contributed by atoms with Gasteiger partial charge in [-0.2, -0.15) is 4.99 Å². The van der Waals surface area contributed by atoms with E-state index in [-0.39, 0.29) is 30.0 Å². The molecule has 188 valence electrons. The molecule has 0 atom stereocenters. The maximum Gasteiger partial charge on any atom is 0.325 e. The van der Waals surface area contributed by atoms with Crippen molar-refractivity contribution in [1.29, 1.82) is 0 Å². The highest BCUT2D eigenvalue weighted by Gasteiger charge is 2.16. The molecule has 0 saturated heterocycles. The van der Waals surface area contributed by atoms with Gasteiger partial charge in [-0.25, -0.2) is 8.42 Å². The van der Waals surface area contributed by atoms with E-state index in [0.29, 0.717) is 10.6 Å². The Bertz CT molecular complexity index is 1350. The Morgan fingerprint density at radius 1 is 1.06 bits per heavy atom. The minimum Gasteiger partial charge on any atom is -0.497 e. The number of hydrogen-bond donors (Lipinski definition) is 0. The number of aryl methyl sites for hydroxylation is 1. The predicted octanol–water partition coefficient (Wildman–Crippen LogP) is 3.91. The minimum absolute atomic E-state index is 0.0242. The molecule has 0 aliphatic heterocycles. The van der Waals surface area contributed by atoms with E-state index < -0.39 is 21.7 Å². The van der Waals surface area contributed by atoms with E-state index in [2.05, 4.69) is 18.0 Å². The monoisotopic (exact) mass is 518 g/mol. The van der Waals surface area contributed by atoms with Crippen LogP contribution in [0.5, 0.6) is 5.75 Å². The van der Waals surface area contributed by atoms with E-state index in [1.807, 2.05) is 12.1 Å². The lowest BCUT2D eigenvalue weighted by atomic mass is 10.1. The smallest absolute Gasteiger partial charge is 0.325 e. The van der Waals surface area contributed by atoms with Crippen LogP contribution >= 0.6 is 11.3 Å². The van der Waals surface area contributed by atoms with Gasteiger partial charge in [-0.05, 0) is 61.2 Å². The third kappa shape index (κ3) is 7.02. The van der Waals surface area contributed by atoms with Crippen LogP contribution in [0.25, 0.3) is 10.2 Å². The van der Waals surface area contributed by atoms with Gasteiger partial charge in [-0.15, -0.1) is 0 Å². The number of carbonyl (C=O) groups is 2. The molecular weight excluding hydrogens is 488 g/mol. The Morgan fingerprint density at radius 3 is 2.46 bits per heavy atom. The lowest BCUT2D eigenvalue weighted by Gasteiger charge is -2.05. The maximum absolute atomic E-state index is 12.6. The van der Waals surface area contributed by atoms with Gasteiger partial charge in [0.25, 0.3) is 0 Å². The summed E-state index contributed by atoms with van der Waals surface area (Å²) in [5, 5.41) is 0. The number of rotatable bonds is 11. The molecule has 3 rings (SSSR count). The number of ether oxygens (including phenoxy) is 2. The summed E-state index contributed by atoms with van der Waals surface area (Å²) < 4.78 is 37.6. The molecule has 35 heavy (non-hydrogen) atoms. The first kappa shape index (κ1) is 26.6. The van der Waals surface area contributed by atoms with Gasteiger partial charge in [0.15, 0.2) is 14.6 Å². The Hall–Kier alpha value is -2.98. The Balaban J connectivity index is 1.78. The number of carbonyl (C=O) groups excluding carboxylic acids is 2. The molecule has 0 spiro atoms. The second kappa shape index (κ2) is 12.1. The third-order valence-electron chi connectivity index (χ3n) is 5.52. The largest absolute Gasteiger partial charge is 0.497 e. The molecule has 3 aromatic rings.